The molecule has 0 bridgehead atoms. The lowest BCUT2D eigenvalue weighted by Gasteiger charge is -2.18. The number of esters is 1. The summed E-state index contributed by atoms with van der Waals surface area (Å²) in [5, 5.41) is 2.57. The van der Waals surface area contributed by atoms with E-state index in [1.165, 1.54) is 6.08 Å². The molecule has 0 aromatic heterocycles. The van der Waals surface area contributed by atoms with Gasteiger partial charge < -0.3 is 15.8 Å². The highest BCUT2D eigenvalue weighted by molar-refractivity contribution is 5.87. The number of nitrogens with two attached hydrogens (primary N) is 1. The second kappa shape index (κ2) is 7.33. The number of rotatable bonds is 6. The van der Waals surface area contributed by atoms with Crippen molar-refractivity contribution in [3.8, 4) is 0 Å². The molecule has 1 rings (SSSR count). The third kappa shape index (κ3) is 4.56. The van der Waals surface area contributed by atoms with Crippen molar-refractivity contribution in [2.45, 2.75) is 19.0 Å². The number of carbonyl (C=O) groups is 2. The predicted octanol–water partition coefficient (Wildman–Crippen LogP) is 0.920. The van der Waals surface area contributed by atoms with Gasteiger partial charge in [-0.15, -0.1) is 0 Å². The van der Waals surface area contributed by atoms with Crippen LogP contribution in [0.25, 0.3) is 0 Å². The van der Waals surface area contributed by atoms with Gasteiger partial charge in [0.05, 0.1) is 6.04 Å². The van der Waals surface area contributed by atoms with Crippen LogP contribution in [-0.2, 0) is 14.3 Å². The van der Waals surface area contributed by atoms with Gasteiger partial charge in [0.2, 0.25) is 5.91 Å². The second-order valence-corrected chi connectivity index (χ2v) is 4.06. The molecule has 0 unspecified atom stereocenters. The molecule has 3 N–H and O–H groups in total. The van der Waals surface area contributed by atoms with Gasteiger partial charge in [-0.2, -0.15) is 0 Å². The first-order valence-corrected chi connectivity index (χ1v) is 5.94. The van der Waals surface area contributed by atoms with Gasteiger partial charge in [0.15, 0.2) is 6.04 Å². The predicted molar refractivity (Wildman–Crippen MR) is 72.1 cm³/mol. The molecule has 1 aromatic rings. The first-order chi connectivity index (χ1) is 9.06. The summed E-state index contributed by atoms with van der Waals surface area (Å²) in [6.45, 7) is 5.11. The lowest BCUT2D eigenvalue weighted by atomic mass is 10.1. The van der Waals surface area contributed by atoms with Gasteiger partial charge in [0, 0.05) is 0 Å². The van der Waals surface area contributed by atoms with Crippen LogP contribution in [0.5, 0.6) is 0 Å². The Bertz CT molecular complexity index is 443. The number of amides is 1. The number of benzene rings is 1. The second-order valence-electron chi connectivity index (χ2n) is 4.06. The number of hydrogen-bond donors (Lipinski definition) is 2. The standard InChI is InChI=1S/C14H18N2O3/c1-3-9-19-14(18)12(16-13(17)10(2)15)11-7-5-4-6-8-11/h3-8,10,12H,1,9,15H2,2H3,(H,16,17)/t10-,12-/m0/s1. The highest BCUT2D eigenvalue weighted by Gasteiger charge is 2.24. The van der Waals surface area contributed by atoms with Gasteiger partial charge in [0.1, 0.15) is 6.61 Å². The fraction of sp³-hybridized carbons (Fsp3) is 0.286. The Morgan fingerprint density at radius 2 is 2.05 bits per heavy atom. The van der Waals surface area contributed by atoms with Crippen LogP contribution in [0.3, 0.4) is 0 Å². The lowest BCUT2D eigenvalue weighted by molar-refractivity contribution is -0.147. The fourth-order valence-electron chi connectivity index (χ4n) is 1.42. The van der Waals surface area contributed by atoms with Gasteiger partial charge in [-0.25, -0.2) is 4.79 Å². The Balaban J connectivity index is 2.88. The van der Waals surface area contributed by atoms with Gasteiger partial charge in [-0.1, -0.05) is 43.0 Å². The van der Waals surface area contributed by atoms with Gasteiger partial charge in [-0.3, -0.25) is 4.79 Å². The van der Waals surface area contributed by atoms with Crippen LogP contribution >= 0.6 is 0 Å². The molecule has 1 amide bonds. The monoisotopic (exact) mass is 262 g/mol. The zero-order valence-corrected chi connectivity index (χ0v) is 10.8. The molecular weight excluding hydrogens is 244 g/mol. The molecule has 0 saturated carbocycles. The molecular formula is C14H18N2O3. The van der Waals surface area contributed by atoms with Crippen molar-refractivity contribution in [2.24, 2.45) is 5.73 Å². The molecule has 102 valence electrons. The maximum absolute atomic E-state index is 11.9. The minimum Gasteiger partial charge on any atom is -0.460 e. The third-order valence-corrected chi connectivity index (χ3v) is 2.41. The first kappa shape index (κ1) is 14.9. The van der Waals surface area contributed by atoms with Crippen molar-refractivity contribution in [1.82, 2.24) is 5.32 Å². The zero-order chi connectivity index (χ0) is 14.3. The first-order valence-electron chi connectivity index (χ1n) is 5.94. The van der Waals surface area contributed by atoms with Gasteiger partial charge >= 0.3 is 5.97 Å². The van der Waals surface area contributed by atoms with Crippen molar-refractivity contribution >= 4 is 11.9 Å². The van der Waals surface area contributed by atoms with Crippen LogP contribution in [0, 0.1) is 0 Å². The van der Waals surface area contributed by atoms with E-state index in [2.05, 4.69) is 11.9 Å². The topological polar surface area (TPSA) is 81.4 Å². The molecule has 0 heterocycles. The van der Waals surface area contributed by atoms with Crippen LogP contribution in [0.1, 0.15) is 18.5 Å². The summed E-state index contributed by atoms with van der Waals surface area (Å²) in [6, 6.07) is 7.30. The Kier molecular flexibility index (Phi) is 5.75. The summed E-state index contributed by atoms with van der Waals surface area (Å²) < 4.78 is 4.98. The molecule has 5 heteroatoms. The molecule has 0 aliphatic carbocycles. The summed E-state index contributed by atoms with van der Waals surface area (Å²) in [5.41, 5.74) is 6.13. The molecule has 0 radical (unpaired) electrons. The molecule has 2 atom stereocenters. The van der Waals surface area contributed by atoms with E-state index in [4.69, 9.17) is 10.5 Å². The average Bonchev–Trinajstić information content (AvgIpc) is 2.42. The Labute approximate surface area is 112 Å². The van der Waals surface area contributed by atoms with Crippen LogP contribution < -0.4 is 11.1 Å². The zero-order valence-electron chi connectivity index (χ0n) is 10.8. The minimum absolute atomic E-state index is 0.0935. The number of nitrogens with one attached hydrogen (secondary N) is 1. The van der Waals surface area contributed by atoms with Crippen LogP contribution in [0.2, 0.25) is 0 Å². The molecule has 5 nitrogen and oxygen atoms in total. The highest BCUT2D eigenvalue weighted by atomic mass is 16.5. The number of ether oxygens (including phenoxy) is 1. The molecule has 1 aromatic carbocycles. The third-order valence-electron chi connectivity index (χ3n) is 2.41. The number of hydrogen-bond acceptors (Lipinski definition) is 4. The van der Waals surface area contributed by atoms with Gasteiger partial charge in [-0.05, 0) is 12.5 Å². The van der Waals surface area contributed by atoms with E-state index >= 15 is 0 Å². The Hall–Kier alpha value is -2.14. The van der Waals surface area contributed by atoms with Crippen molar-refractivity contribution in [3.05, 3.63) is 48.6 Å². The molecule has 0 aliphatic heterocycles. The van der Waals surface area contributed by atoms with E-state index in [1.807, 2.05) is 6.07 Å². The summed E-state index contributed by atoms with van der Waals surface area (Å²) >= 11 is 0. The van der Waals surface area contributed by atoms with E-state index < -0.39 is 24.0 Å². The molecule has 0 fully saturated rings. The van der Waals surface area contributed by atoms with E-state index in [-0.39, 0.29) is 6.61 Å². The quantitative estimate of drug-likeness (QED) is 0.590. The summed E-state index contributed by atoms with van der Waals surface area (Å²) in [7, 11) is 0. The maximum atomic E-state index is 11.9. The van der Waals surface area contributed by atoms with Crippen LogP contribution in [-0.4, -0.2) is 24.5 Å². The molecule has 0 saturated heterocycles. The van der Waals surface area contributed by atoms with Gasteiger partial charge in [0.25, 0.3) is 0 Å². The van der Waals surface area contributed by atoms with E-state index in [0.29, 0.717) is 5.56 Å². The van der Waals surface area contributed by atoms with Crippen molar-refractivity contribution in [3.63, 3.8) is 0 Å². The SMILES string of the molecule is C=CCOC(=O)[C@@H](NC(=O)[C@H](C)N)c1ccccc1. The molecule has 0 aliphatic rings. The van der Waals surface area contributed by atoms with Crippen molar-refractivity contribution in [1.29, 1.82) is 0 Å². The summed E-state index contributed by atoms with van der Waals surface area (Å²) in [6.07, 6.45) is 1.47. The lowest BCUT2D eigenvalue weighted by Crippen LogP contribution is -2.43. The van der Waals surface area contributed by atoms with E-state index in [1.54, 1.807) is 31.2 Å². The summed E-state index contributed by atoms with van der Waals surface area (Å²) in [5.74, 6) is -0.954. The average molecular weight is 262 g/mol. The Morgan fingerprint density at radius 3 is 2.58 bits per heavy atom. The normalized spacial score (nSPS) is 13.2. The smallest absolute Gasteiger partial charge is 0.333 e. The van der Waals surface area contributed by atoms with E-state index in [0.717, 1.165) is 0 Å². The molecule has 19 heavy (non-hydrogen) atoms. The maximum Gasteiger partial charge on any atom is 0.333 e. The number of carbonyl (C=O) groups excluding carboxylic acids is 2. The Morgan fingerprint density at radius 1 is 1.42 bits per heavy atom. The summed E-state index contributed by atoms with van der Waals surface area (Å²) in [4.78, 5) is 23.6. The fourth-order valence-corrected chi connectivity index (χ4v) is 1.42. The van der Waals surface area contributed by atoms with Crippen molar-refractivity contribution < 1.29 is 14.3 Å². The molecule has 0 spiro atoms. The van der Waals surface area contributed by atoms with Crippen LogP contribution in [0.15, 0.2) is 43.0 Å². The minimum atomic E-state index is -0.861. The highest BCUT2D eigenvalue weighted by Crippen LogP contribution is 2.14. The largest absolute Gasteiger partial charge is 0.460 e. The van der Waals surface area contributed by atoms with Crippen LogP contribution in [0.4, 0.5) is 0 Å². The van der Waals surface area contributed by atoms with Crippen molar-refractivity contribution in [2.75, 3.05) is 6.61 Å². The van der Waals surface area contributed by atoms with E-state index in [9.17, 15) is 9.59 Å².